The number of nitrogens with one attached hydrogen (secondary N) is 1. The Hall–Kier alpha value is -1.77. The highest BCUT2D eigenvalue weighted by Gasteiger charge is 2.46. The Labute approximate surface area is 172 Å². The number of benzene rings is 1. The van der Waals surface area contributed by atoms with Gasteiger partial charge in [0.1, 0.15) is 0 Å². The zero-order valence-electron chi connectivity index (χ0n) is 17.1. The van der Waals surface area contributed by atoms with Crippen molar-refractivity contribution in [1.82, 2.24) is 10.2 Å². The smallest absolute Gasteiger partial charge is 0.246 e. The molecule has 1 saturated heterocycles. The number of nitrogens with zero attached hydrogens (tertiary/aromatic N) is 1. The van der Waals surface area contributed by atoms with Crippen molar-refractivity contribution in [2.24, 2.45) is 17.6 Å². The Kier molecular flexibility index (Phi) is 6.76. The fraction of sp³-hybridized carbons (Fsp3) is 0.619. The van der Waals surface area contributed by atoms with Crippen molar-refractivity contribution in [3.8, 4) is 0 Å². The highest BCUT2D eigenvalue weighted by Crippen LogP contribution is 2.34. The molecule has 0 unspecified atom stereocenters. The molecular weight excluding hydrogens is 390 g/mol. The van der Waals surface area contributed by atoms with E-state index in [0.717, 1.165) is 13.0 Å². The number of hydrogen-bond acceptors (Lipinski definition) is 6. The first-order chi connectivity index (χ1) is 13.7. The van der Waals surface area contributed by atoms with Crippen molar-refractivity contribution in [3.05, 3.63) is 30.3 Å². The van der Waals surface area contributed by atoms with Gasteiger partial charge in [-0.05, 0) is 49.8 Å². The number of sulfone groups is 1. The highest BCUT2D eigenvalue weighted by molar-refractivity contribution is 7.91. The topological polar surface area (TPSA) is 110 Å². The molecule has 0 aromatic heterocycles. The lowest BCUT2D eigenvalue weighted by molar-refractivity contribution is -0.143. The summed E-state index contributed by atoms with van der Waals surface area (Å²) in [7, 11) is -3.53. The van der Waals surface area contributed by atoms with E-state index in [9.17, 15) is 18.0 Å². The summed E-state index contributed by atoms with van der Waals surface area (Å²) in [6, 6.07) is 7.29. The van der Waals surface area contributed by atoms with Crippen LogP contribution in [0.15, 0.2) is 35.2 Å². The molecule has 1 saturated carbocycles. The van der Waals surface area contributed by atoms with Crippen LogP contribution in [0.3, 0.4) is 0 Å². The minimum absolute atomic E-state index is 0.00250. The first-order valence-corrected chi connectivity index (χ1v) is 12.0. The second kappa shape index (κ2) is 8.93. The number of carbonyl (C=O) groups excluding carboxylic acids is 2. The minimum atomic E-state index is -3.53. The van der Waals surface area contributed by atoms with Crippen molar-refractivity contribution in [1.29, 1.82) is 0 Å². The van der Waals surface area contributed by atoms with Crippen LogP contribution >= 0.6 is 0 Å². The normalized spacial score (nSPS) is 28.3. The molecule has 2 fully saturated rings. The van der Waals surface area contributed by atoms with Gasteiger partial charge < -0.3 is 11.1 Å². The monoisotopic (exact) mass is 421 g/mol. The predicted molar refractivity (Wildman–Crippen MR) is 111 cm³/mol. The average Bonchev–Trinajstić information content (AvgIpc) is 2.93. The van der Waals surface area contributed by atoms with Gasteiger partial charge in [0.05, 0.1) is 23.1 Å². The summed E-state index contributed by atoms with van der Waals surface area (Å²) in [6.07, 6.45) is 2.00. The van der Waals surface area contributed by atoms with Gasteiger partial charge in [0.15, 0.2) is 9.84 Å². The summed E-state index contributed by atoms with van der Waals surface area (Å²) in [6.45, 7) is 5.10. The Morgan fingerprint density at radius 1 is 1.17 bits per heavy atom. The Balaban J connectivity index is 1.83. The molecule has 29 heavy (non-hydrogen) atoms. The van der Waals surface area contributed by atoms with Crippen LogP contribution in [0.25, 0.3) is 0 Å². The van der Waals surface area contributed by atoms with Crippen molar-refractivity contribution in [3.63, 3.8) is 0 Å². The Morgan fingerprint density at radius 3 is 2.45 bits per heavy atom. The first-order valence-electron chi connectivity index (χ1n) is 10.3. The molecule has 1 aliphatic carbocycles. The summed E-state index contributed by atoms with van der Waals surface area (Å²) in [5.41, 5.74) is 5.80. The summed E-state index contributed by atoms with van der Waals surface area (Å²) < 4.78 is 26.1. The standard InChI is InChI=1S/C21H31N3O4S/c1-14(2)12-23-16-8-9-19(24-20(25)11-18(22)21(24)26)15(10-16)13-29(27,28)17-6-4-3-5-7-17/h3-7,14-16,18-19,23H,8-13,22H2,1-2H3/t15-,16+,18-,19-/m0/s1. The third kappa shape index (κ3) is 5.05. The number of carbonyl (C=O) groups is 2. The van der Waals surface area contributed by atoms with Crippen LogP contribution in [0.5, 0.6) is 0 Å². The third-order valence-corrected chi connectivity index (χ3v) is 7.70. The van der Waals surface area contributed by atoms with E-state index in [1.807, 2.05) is 0 Å². The summed E-state index contributed by atoms with van der Waals surface area (Å²) >= 11 is 0. The third-order valence-electron chi connectivity index (χ3n) is 5.84. The molecule has 1 aromatic rings. The fourth-order valence-electron chi connectivity index (χ4n) is 4.38. The molecule has 160 valence electrons. The first kappa shape index (κ1) is 21.9. The van der Waals surface area contributed by atoms with Crippen LogP contribution in [0.4, 0.5) is 0 Å². The van der Waals surface area contributed by atoms with Gasteiger partial charge in [0.25, 0.3) is 0 Å². The van der Waals surface area contributed by atoms with Crippen LogP contribution in [0.1, 0.15) is 39.5 Å². The van der Waals surface area contributed by atoms with Gasteiger partial charge in [-0.15, -0.1) is 0 Å². The second-order valence-electron chi connectivity index (χ2n) is 8.65. The van der Waals surface area contributed by atoms with Crippen LogP contribution in [-0.2, 0) is 19.4 Å². The van der Waals surface area contributed by atoms with Gasteiger partial charge in [-0.25, -0.2) is 8.42 Å². The van der Waals surface area contributed by atoms with Crippen LogP contribution in [0, 0.1) is 11.8 Å². The lowest BCUT2D eigenvalue weighted by Crippen LogP contribution is -2.52. The summed E-state index contributed by atoms with van der Waals surface area (Å²) in [5.74, 6) is -0.594. The molecule has 1 aromatic carbocycles. The molecule has 0 spiro atoms. The molecule has 0 bridgehead atoms. The minimum Gasteiger partial charge on any atom is -0.319 e. The van der Waals surface area contributed by atoms with E-state index < -0.39 is 21.9 Å². The van der Waals surface area contributed by atoms with Crippen molar-refractivity contribution in [2.75, 3.05) is 12.3 Å². The molecule has 7 nitrogen and oxygen atoms in total. The van der Waals surface area contributed by atoms with E-state index in [-0.39, 0.29) is 40.8 Å². The number of nitrogens with two attached hydrogens (primary N) is 1. The number of likely N-dealkylation sites (tertiary alicyclic amines) is 1. The molecule has 1 heterocycles. The maximum absolute atomic E-state index is 13.0. The van der Waals surface area contributed by atoms with Crippen molar-refractivity contribution >= 4 is 21.7 Å². The van der Waals surface area contributed by atoms with Gasteiger partial charge in [-0.2, -0.15) is 0 Å². The van der Waals surface area contributed by atoms with Gasteiger partial charge in [-0.3, -0.25) is 14.5 Å². The molecule has 4 atom stereocenters. The molecule has 3 rings (SSSR count). The number of rotatable bonds is 7. The predicted octanol–water partition coefficient (Wildman–Crippen LogP) is 1.33. The summed E-state index contributed by atoms with van der Waals surface area (Å²) in [5, 5.41) is 3.51. The van der Waals surface area contributed by atoms with Gasteiger partial charge in [-0.1, -0.05) is 32.0 Å². The Bertz CT molecular complexity index is 841. The molecule has 2 aliphatic rings. The van der Waals surface area contributed by atoms with E-state index in [1.165, 1.54) is 4.90 Å². The van der Waals surface area contributed by atoms with E-state index in [1.54, 1.807) is 30.3 Å². The van der Waals surface area contributed by atoms with Gasteiger partial charge in [0, 0.05) is 12.1 Å². The van der Waals surface area contributed by atoms with Crippen molar-refractivity contribution in [2.45, 2.75) is 62.6 Å². The highest BCUT2D eigenvalue weighted by atomic mass is 32.2. The largest absolute Gasteiger partial charge is 0.319 e. The van der Waals surface area contributed by atoms with Crippen molar-refractivity contribution < 1.29 is 18.0 Å². The molecule has 0 radical (unpaired) electrons. The lowest BCUT2D eigenvalue weighted by Gasteiger charge is -2.40. The maximum atomic E-state index is 13.0. The zero-order valence-corrected chi connectivity index (χ0v) is 17.9. The van der Waals surface area contributed by atoms with E-state index in [0.29, 0.717) is 18.8 Å². The van der Waals surface area contributed by atoms with Crippen LogP contribution in [-0.4, -0.2) is 55.6 Å². The molecule has 3 N–H and O–H groups in total. The van der Waals surface area contributed by atoms with Gasteiger partial charge >= 0.3 is 0 Å². The molecular formula is C21H31N3O4S. The quantitative estimate of drug-likeness (QED) is 0.643. The summed E-state index contributed by atoms with van der Waals surface area (Å²) in [4.78, 5) is 26.5. The SMILES string of the molecule is CC(C)CN[C@@H]1CC[C@H](N2C(=O)C[C@H](N)C2=O)[C@H](CS(=O)(=O)c2ccccc2)C1. The second-order valence-corrected chi connectivity index (χ2v) is 10.7. The Morgan fingerprint density at radius 2 is 1.86 bits per heavy atom. The number of imide groups is 1. The van der Waals surface area contributed by atoms with Crippen LogP contribution < -0.4 is 11.1 Å². The number of hydrogen-bond donors (Lipinski definition) is 2. The molecule has 2 amide bonds. The average molecular weight is 422 g/mol. The van der Waals surface area contributed by atoms with Crippen LogP contribution in [0.2, 0.25) is 0 Å². The van der Waals surface area contributed by atoms with Gasteiger partial charge in [0.2, 0.25) is 11.8 Å². The van der Waals surface area contributed by atoms with E-state index in [4.69, 9.17) is 5.73 Å². The number of amides is 2. The molecule has 8 heteroatoms. The van der Waals surface area contributed by atoms with E-state index in [2.05, 4.69) is 19.2 Å². The molecule has 1 aliphatic heterocycles. The fourth-order valence-corrected chi connectivity index (χ4v) is 6.07. The maximum Gasteiger partial charge on any atom is 0.246 e. The van der Waals surface area contributed by atoms with E-state index >= 15 is 0 Å². The lowest BCUT2D eigenvalue weighted by atomic mass is 9.81. The zero-order chi connectivity index (χ0) is 21.2.